The first kappa shape index (κ1) is 28.4. The Kier molecular flexibility index (Phi) is 6.68. The van der Waals surface area contributed by atoms with Gasteiger partial charge in [-0.2, -0.15) is 0 Å². The first-order valence-corrected chi connectivity index (χ1v) is 15.1. The van der Waals surface area contributed by atoms with Crippen LogP contribution in [-0.4, -0.2) is 46.4 Å². The fourth-order valence-electron chi connectivity index (χ4n) is 10.3. The van der Waals surface area contributed by atoms with Crippen LogP contribution in [0.1, 0.15) is 71.8 Å². The summed E-state index contributed by atoms with van der Waals surface area (Å²) in [6.07, 6.45) is 3.54. The second-order valence-electron chi connectivity index (χ2n) is 14.1. The number of hydrogen-bond donors (Lipinski definition) is 4. The summed E-state index contributed by atoms with van der Waals surface area (Å²) in [6.45, 7) is 8.35. The van der Waals surface area contributed by atoms with Gasteiger partial charge < -0.3 is 26.4 Å². The number of aliphatic hydroxyl groups is 1. The predicted molar refractivity (Wildman–Crippen MR) is 159 cm³/mol. The summed E-state index contributed by atoms with van der Waals surface area (Å²) < 4.78 is 5.99. The molecule has 0 aromatic heterocycles. The molecule has 220 valence electrons. The molecule has 0 bridgehead atoms. The molecule has 4 saturated carbocycles. The fraction of sp³-hybridized carbons (Fsp3) is 0.588. The monoisotopic (exact) mass is 560 g/mol. The SMILES string of the molecule is CC(=O)O[C@H]1C[C@@]2(C)[C@H](/C1=C(/C(=O)O)c1ccc3ccccc3c1)[C@H](N)C[C@H]1[C@@]3(C)CC[C@@H](O)[C@@H](N)[C@@H]3CC[C@@]12C. The zero-order valence-electron chi connectivity index (χ0n) is 24.6. The molecule has 0 saturated heterocycles. The Balaban J connectivity index is 1.53. The molecule has 0 heterocycles. The van der Waals surface area contributed by atoms with Crippen molar-refractivity contribution in [1.82, 2.24) is 0 Å². The molecule has 4 aliphatic rings. The van der Waals surface area contributed by atoms with Gasteiger partial charge in [0.15, 0.2) is 0 Å². The molecule has 7 nitrogen and oxygen atoms in total. The van der Waals surface area contributed by atoms with Gasteiger partial charge in [-0.25, -0.2) is 4.79 Å². The summed E-state index contributed by atoms with van der Waals surface area (Å²) in [5, 5.41) is 23.4. The summed E-state index contributed by atoms with van der Waals surface area (Å²) in [7, 11) is 0. The highest BCUT2D eigenvalue weighted by Crippen LogP contribution is 2.74. The lowest BCUT2D eigenvalue weighted by molar-refractivity contribution is -0.193. The van der Waals surface area contributed by atoms with Crippen LogP contribution in [0.5, 0.6) is 0 Å². The van der Waals surface area contributed by atoms with Gasteiger partial charge in [0.1, 0.15) is 6.10 Å². The number of ether oxygens (including phenoxy) is 1. The average molecular weight is 561 g/mol. The van der Waals surface area contributed by atoms with Crippen LogP contribution in [0.2, 0.25) is 0 Å². The predicted octanol–water partition coefficient (Wildman–Crippen LogP) is 4.89. The number of benzene rings is 2. The topological polar surface area (TPSA) is 136 Å². The summed E-state index contributed by atoms with van der Waals surface area (Å²) in [4.78, 5) is 25.6. The van der Waals surface area contributed by atoms with Crippen molar-refractivity contribution >= 4 is 28.3 Å². The lowest BCUT2D eigenvalue weighted by Crippen LogP contribution is -2.67. The molecule has 6 rings (SSSR count). The zero-order chi connectivity index (χ0) is 29.5. The molecular formula is C34H44N2O5. The molecule has 2 aromatic rings. The molecule has 2 aromatic carbocycles. The van der Waals surface area contributed by atoms with Crippen LogP contribution in [0.4, 0.5) is 0 Å². The molecule has 0 spiro atoms. The zero-order valence-corrected chi connectivity index (χ0v) is 24.6. The number of carboxylic acids is 1. The van der Waals surface area contributed by atoms with Crippen molar-refractivity contribution in [1.29, 1.82) is 0 Å². The Bertz CT molecular complexity index is 1440. The number of carbonyl (C=O) groups is 2. The number of carboxylic acid groups (broad SMARTS) is 1. The standard InChI is InChI=1S/C34H44N2O5/c1-18(37)41-25-17-34(4)29(28(25)27(31(39)40)21-10-9-19-7-5-6-8-20(19)15-21)23(35)16-26-32(2)13-12-24(38)30(36)22(32)11-14-33(26,34)3/h5-10,15,22-26,29-30,38H,11-14,16-17,35-36H2,1-4H3,(H,39,40)/b28-27+/t22-,23+,24+,25-,26-,29-,30-,32-,33-,34-/m0/s1. The molecule has 6 N–H and O–H groups in total. The summed E-state index contributed by atoms with van der Waals surface area (Å²) >= 11 is 0. The van der Waals surface area contributed by atoms with Gasteiger partial charge in [0.2, 0.25) is 0 Å². The summed E-state index contributed by atoms with van der Waals surface area (Å²) in [6, 6.07) is 13.1. The number of aliphatic carboxylic acids is 1. The number of hydrogen-bond acceptors (Lipinski definition) is 6. The summed E-state index contributed by atoms with van der Waals surface area (Å²) in [5.41, 5.74) is 14.6. The van der Waals surface area contributed by atoms with E-state index in [0.29, 0.717) is 24.0 Å². The number of rotatable bonds is 3. The van der Waals surface area contributed by atoms with Crippen LogP contribution in [0.25, 0.3) is 16.3 Å². The third-order valence-corrected chi connectivity index (χ3v) is 12.3. The van der Waals surface area contributed by atoms with Crippen molar-refractivity contribution in [2.75, 3.05) is 0 Å². The minimum Gasteiger partial charge on any atom is -0.478 e. The smallest absolute Gasteiger partial charge is 0.336 e. The van der Waals surface area contributed by atoms with E-state index in [0.717, 1.165) is 36.5 Å². The third-order valence-electron chi connectivity index (χ3n) is 12.3. The lowest BCUT2D eigenvalue weighted by Gasteiger charge is -2.68. The van der Waals surface area contributed by atoms with E-state index in [9.17, 15) is 19.8 Å². The molecule has 0 radical (unpaired) electrons. The quantitative estimate of drug-likeness (QED) is 0.310. The van der Waals surface area contributed by atoms with E-state index >= 15 is 0 Å². The van der Waals surface area contributed by atoms with Gasteiger partial charge >= 0.3 is 11.9 Å². The van der Waals surface area contributed by atoms with E-state index in [-0.39, 0.29) is 46.2 Å². The molecule has 4 aliphatic carbocycles. The van der Waals surface area contributed by atoms with Crippen molar-refractivity contribution in [3.05, 3.63) is 53.6 Å². The second kappa shape index (κ2) is 9.65. The van der Waals surface area contributed by atoms with Crippen LogP contribution in [0.3, 0.4) is 0 Å². The molecule has 41 heavy (non-hydrogen) atoms. The number of aliphatic hydroxyl groups excluding tert-OH is 1. The van der Waals surface area contributed by atoms with Gasteiger partial charge in [-0.05, 0) is 94.6 Å². The van der Waals surface area contributed by atoms with Gasteiger partial charge in [-0.1, -0.05) is 57.2 Å². The van der Waals surface area contributed by atoms with E-state index in [1.54, 1.807) is 0 Å². The van der Waals surface area contributed by atoms with Crippen molar-refractivity contribution in [2.24, 2.45) is 45.5 Å². The van der Waals surface area contributed by atoms with Gasteiger partial charge in [-0.15, -0.1) is 0 Å². The maximum absolute atomic E-state index is 13.1. The molecule has 7 heteroatoms. The van der Waals surface area contributed by atoms with Crippen LogP contribution in [-0.2, 0) is 14.3 Å². The van der Waals surface area contributed by atoms with Gasteiger partial charge in [-0.3, -0.25) is 4.79 Å². The molecule has 0 unspecified atom stereocenters. The van der Waals surface area contributed by atoms with E-state index in [1.807, 2.05) is 42.5 Å². The van der Waals surface area contributed by atoms with Crippen LogP contribution in [0.15, 0.2) is 48.0 Å². The Morgan fingerprint density at radius 2 is 1.68 bits per heavy atom. The molecule has 0 aliphatic heterocycles. The Hall–Kier alpha value is -2.74. The lowest BCUT2D eigenvalue weighted by atomic mass is 9.37. The van der Waals surface area contributed by atoms with Crippen LogP contribution in [0, 0.1) is 34.0 Å². The highest BCUT2D eigenvalue weighted by molar-refractivity contribution is 6.17. The highest BCUT2D eigenvalue weighted by atomic mass is 16.5. The fourth-order valence-corrected chi connectivity index (χ4v) is 10.3. The number of fused-ring (bicyclic) bond motifs is 6. The number of carbonyl (C=O) groups excluding carboxylic acids is 1. The minimum absolute atomic E-state index is 0.0748. The van der Waals surface area contributed by atoms with Crippen molar-refractivity contribution in [2.45, 2.75) is 90.5 Å². The van der Waals surface area contributed by atoms with E-state index in [1.165, 1.54) is 6.92 Å². The van der Waals surface area contributed by atoms with Gasteiger partial charge in [0, 0.05) is 24.9 Å². The van der Waals surface area contributed by atoms with E-state index in [2.05, 4.69) is 20.8 Å². The Labute approximate surface area is 242 Å². The second-order valence-corrected chi connectivity index (χ2v) is 14.1. The van der Waals surface area contributed by atoms with E-state index in [4.69, 9.17) is 16.2 Å². The molecule has 10 atom stereocenters. The van der Waals surface area contributed by atoms with Crippen LogP contribution >= 0.6 is 0 Å². The normalized spacial score (nSPS) is 43.0. The minimum atomic E-state index is -1.03. The maximum atomic E-state index is 13.1. The molecular weight excluding hydrogens is 516 g/mol. The van der Waals surface area contributed by atoms with E-state index < -0.39 is 29.6 Å². The summed E-state index contributed by atoms with van der Waals surface area (Å²) in [5.74, 6) is -1.23. The maximum Gasteiger partial charge on any atom is 0.336 e. The van der Waals surface area contributed by atoms with Gasteiger partial charge in [0.25, 0.3) is 0 Å². The Morgan fingerprint density at radius 1 is 0.976 bits per heavy atom. The third kappa shape index (κ3) is 4.03. The van der Waals surface area contributed by atoms with Crippen molar-refractivity contribution in [3.63, 3.8) is 0 Å². The molecule has 0 amide bonds. The average Bonchev–Trinajstić information content (AvgIpc) is 3.21. The first-order valence-electron chi connectivity index (χ1n) is 15.1. The van der Waals surface area contributed by atoms with Crippen molar-refractivity contribution in [3.8, 4) is 0 Å². The highest BCUT2D eigenvalue weighted by Gasteiger charge is 2.70. The number of esters is 1. The van der Waals surface area contributed by atoms with Crippen molar-refractivity contribution < 1.29 is 24.5 Å². The number of nitrogens with two attached hydrogens (primary N) is 2. The molecule has 4 fully saturated rings. The van der Waals surface area contributed by atoms with Gasteiger partial charge in [0.05, 0.1) is 11.7 Å². The Morgan fingerprint density at radius 3 is 2.37 bits per heavy atom. The largest absolute Gasteiger partial charge is 0.478 e. The van der Waals surface area contributed by atoms with Crippen LogP contribution < -0.4 is 11.5 Å². The first-order chi connectivity index (χ1) is 19.3.